The topological polar surface area (TPSA) is 75.4 Å². The van der Waals surface area contributed by atoms with E-state index in [1.807, 2.05) is 0 Å². The van der Waals surface area contributed by atoms with E-state index in [0.717, 1.165) is 32.4 Å². The Morgan fingerprint density at radius 1 is 1.35 bits per heavy atom. The summed E-state index contributed by atoms with van der Waals surface area (Å²) in [6.07, 6.45) is 4.27. The van der Waals surface area contributed by atoms with E-state index in [9.17, 15) is 4.79 Å². The van der Waals surface area contributed by atoms with Crippen molar-refractivity contribution in [2.24, 2.45) is 0 Å². The van der Waals surface area contributed by atoms with E-state index in [2.05, 4.69) is 10.3 Å². The minimum Gasteiger partial charge on any atom is -0.475 e. The predicted octanol–water partition coefficient (Wildman–Crippen LogP) is 1.72. The molecule has 1 aliphatic heterocycles. The van der Waals surface area contributed by atoms with Gasteiger partial charge >= 0.3 is 5.97 Å². The molecule has 17 heavy (non-hydrogen) atoms. The molecule has 0 radical (unpaired) electrons. The van der Waals surface area contributed by atoms with Crippen LogP contribution in [0.25, 0.3) is 0 Å². The molecule has 1 atom stereocenters. The molecule has 0 aromatic carbocycles. The van der Waals surface area contributed by atoms with Crippen LogP contribution in [0.3, 0.4) is 0 Å². The first-order valence-corrected chi connectivity index (χ1v) is 6.20. The van der Waals surface area contributed by atoms with E-state index in [-0.39, 0.29) is 11.7 Å². The first-order chi connectivity index (χ1) is 8.25. The van der Waals surface area contributed by atoms with Gasteiger partial charge in [-0.25, -0.2) is 9.78 Å². The van der Waals surface area contributed by atoms with Gasteiger partial charge in [-0.1, -0.05) is 6.42 Å². The maximum absolute atomic E-state index is 11.2. The molecule has 2 aliphatic rings. The van der Waals surface area contributed by atoms with Gasteiger partial charge in [0.2, 0.25) is 5.76 Å². The van der Waals surface area contributed by atoms with Gasteiger partial charge in [-0.05, 0) is 25.8 Å². The summed E-state index contributed by atoms with van der Waals surface area (Å²) in [7, 11) is 0. The van der Waals surface area contributed by atoms with Crippen molar-refractivity contribution in [1.82, 2.24) is 10.3 Å². The number of carboxylic acid groups (broad SMARTS) is 1. The van der Waals surface area contributed by atoms with Crippen LogP contribution in [-0.2, 0) is 0 Å². The fourth-order valence-corrected chi connectivity index (χ4v) is 2.50. The number of carboxylic acids is 1. The highest BCUT2D eigenvalue weighted by Gasteiger charge is 2.32. The van der Waals surface area contributed by atoms with Crippen LogP contribution >= 0.6 is 0 Å². The van der Waals surface area contributed by atoms with E-state index < -0.39 is 5.97 Å². The van der Waals surface area contributed by atoms with Crippen LogP contribution in [0.2, 0.25) is 0 Å². The van der Waals surface area contributed by atoms with Gasteiger partial charge in [-0.15, -0.1) is 0 Å². The summed E-state index contributed by atoms with van der Waals surface area (Å²) in [5.41, 5.74) is 0.643. The zero-order valence-corrected chi connectivity index (χ0v) is 9.61. The molecular weight excluding hydrogens is 220 g/mol. The third-order valence-electron chi connectivity index (χ3n) is 3.77. The van der Waals surface area contributed by atoms with Gasteiger partial charge in [0.15, 0.2) is 5.89 Å². The number of hydrogen-bond donors (Lipinski definition) is 2. The van der Waals surface area contributed by atoms with Gasteiger partial charge in [0, 0.05) is 18.4 Å². The van der Waals surface area contributed by atoms with Crippen LogP contribution in [0.1, 0.15) is 59.7 Å². The molecule has 5 heteroatoms. The minimum absolute atomic E-state index is 0.0561. The van der Waals surface area contributed by atoms with Crippen molar-refractivity contribution in [3.8, 4) is 0 Å². The molecule has 2 N–H and O–H groups in total. The second-order valence-corrected chi connectivity index (χ2v) is 4.89. The van der Waals surface area contributed by atoms with E-state index in [1.54, 1.807) is 0 Å². The van der Waals surface area contributed by atoms with Crippen molar-refractivity contribution in [2.45, 2.75) is 37.5 Å². The summed E-state index contributed by atoms with van der Waals surface area (Å²) in [5, 5.41) is 12.4. The molecule has 1 aromatic rings. The van der Waals surface area contributed by atoms with Gasteiger partial charge in [-0.3, -0.25) is 0 Å². The summed E-state index contributed by atoms with van der Waals surface area (Å²) in [4.78, 5) is 15.6. The molecule has 92 valence electrons. The summed E-state index contributed by atoms with van der Waals surface area (Å²) < 4.78 is 5.45. The fourth-order valence-electron chi connectivity index (χ4n) is 2.50. The summed E-state index contributed by atoms with van der Waals surface area (Å²) in [5.74, 6) is 0.232. The molecule has 1 aromatic heterocycles. The normalized spacial score (nSPS) is 24.8. The lowest BCUT2D eigenvalue weighted by atomic mass is 9.85. The lowest BCUT2D eigenvalue weighted by Gasteiger charge is -2.21. The smallest absolute Gasteiger partial charge is 0.373 e. The number of aromatic nitrogens is 1. The van der Waals surface area contributed by atoms with Crippen LogP contribution in [-0.4, -0.2) is 29.1 Å². The Morgan fingerprint density at radius 2 is 2.18 bits per heavy atom. The van der Waals surface area contributed by atoms with E-state index >= 15 is 0 Å². The lowest BCUT2D eigenvalue weighted by Crippen LogP contribution is -2.11. The first-order valence-electron chi connectivity index (χ1n) is 6.20. The average Bonchev–Trinajstić information content (AvgIpc) is 2.79. The SMILES string of the molecule is O=C(O)c1oc(C2CCC2)nc1C1CCNC1. The maximum atomic E-state index is 11.2. The predicted molar refractivity (Wildman–Crippen MR) is 60.3 cm³/mol. The number of hydrogen-bond acceptors (Lipinski definition) is 4. The third kappa shape index (κ3) is 1.84. The van der Waals surface area contributed by atoms with Gasteiger partial charge in [0.05, 0.1) is 5.69 Å². The van der Waals surface area contributed by atoms with Gasteiger partial charge in [0.25, 0.3) is 0 Å². The summed E-state index contributed by atoms with van der Waals surface area (Å²) >= 11 is 0. The highest BCUT2D eigenvalue weighted by atomic mass is 16.4. The summed E-state index contributed by atoms with van der Waals surface area (Å²) in [6, 6.07) is 0. The van der Waals surface area contributed by atoms with Gasteiger partial charge in [0.1, 0.15) is 0 Å². The van der Waals surface area contributed by atoms with Crippen molar-refractivity contribution in [1.29, 1.82) is 0 Å². The largest absolute Gasteiger partial charge is 0.475 e. The second-order valence-electron chi connectivity index (χ2n) is 4.89. The Kier molecular flexibility index (Phi) is 2.63. The van der Waals surface area contributed by atoms with Crippen molar-refractivity contribution >= 4 is 5.97 Å². The molecule has 0 spiro atoms. The Bertz CT molecular complexity index is 431. The number of oxazole rings is 1. The van der Waals surface area contributed by atoms with E-state index in [1.165, 1.54) is 6.42 Å². The van der Waals surface area contributed by atoms with Crippen molar-refractivity contribution in [3.63, 3.8) is 0 Å². The Labute approximate surface area is 99.2 Å². The molecule has 5 nitrogen and oxygen atoms in total. The van der Waals surface area contributed by atoms with Crippen molar-refractivity contribution in [2.75, 3.05) is 13.1 Å². The molecule has 1 unspecified atom stereocenters. The quantitative estimate of drug-likeness (QED) is 0.835. The monoisotopic (exact) mass is 236 g/mol. The molecule has 1 aliphatic carbocycles. The van der Waals surface area contributed by atoms with Crippen LogP contribution in [0.4, 0.5) is 0 Å². The third-order valence-corrected chi connectivity index (χ3v) is 3.77. The molecule has 2 fully saturated rings. The van der Waals surface area contributed by atoms with E-state index in [4.69, 9.17) is 9.52 Å². The molecule has 0 bridgehead atoms. The van der Waals surface area contributed by atoms with Gasteiger partial charge < -0.3 is 14.8 Å². The zero-order chi connectivity index (χ0) is 11.8. The van der Waals surface area contributed by atoms with Crippen LogP contribution in [0, 0.1) is 0 Å². The van der Waals surface area contributed by atoms with E-state index in [0.29, 0.717) is 17.5 Å². The standard InChI is InChI=1S/C12H16N2O3/c15-12(16)10-9(8-4-5-13-6-8)14-11(17-10)7-2-1-3-7/h7-8,13H,1-6H2,(H,15,16). The first kappa shape index (κ1) is 10.8. The molecule has 0 amide bonds. The number of carbonyl (C=O) groups is 1. The van der Waals surface area contributed by atoms with Crippen LogP contribution in [0.15, 0.2) is 4.42 Å². The Morgan fingerprint density at radius 3 is 2.71 bits per heavy atom. The highest BCUT2D eigenvalue weighted by molar-refractivity contribution is 5.85. The molecule has 3 rings (SSSR count). The van der Waals surface area contributed by atoms with Crippen LogP contribution in [0.5, 0.6) is 0 Å². The summed E-state index contributed by atoms with van der Waals surface area (Å²) in [6.45, 7) is 1.73. The number of nitrogens with zero attached hydrogens (tertiary/aromatic N) is 1. The number of nitrogens with one attached hydrogen (secondary N) is 1. The highest BCUT2D eigenvalue weighted by Crippen LogP contribution is 2.38. The van der Waals surface area contributed by atoms with Gasteiger partial charge in [-0.2, -0.15) is 0 Å². The fraction of sp³-hybridized carbons (Fsp3) is 0.667. The average molecular weight is 236 g/mol. The minimum atomic E-state index is -0.995. The molecule has 1 saturated heterocycles. The van der Waals surface area contributed by atoms with Crippen LogP contribution < -0.4 is 5.32 Å². The van der Waals surface area contributed by atoms with Crippen molar-refractivity contribution < 1.29 is 14.3 Å². The number of aromatic carboxylic acids is 1. The Balaban J connectivity index is 1.93. The maximum Gasteiger partial charge on any atom is 0.373 e. The zero-order valence-electron chi connectivity index (χ0n) is 9.61. The Hall–Kier alpha value is -1.36. The lowest BCUT2D eigenvalue weighted by molar-refractivity contribution is 0.0656. The molecule has 2 heterocycles. The van der Waals surface area contributed by atoms with Crippen molar-refractivity contribution in [3.05, 3.63) is 17.3 Å². The molecule has 1 saturated carbocycles. The molecular formula is C12H16N2O3. The number of rotatable bonds is 3. The second kappa shape index (κ2) is 4.14.